The van der Waals surface area contributed by atoms with Crippen molar-refractivity contribution >= 4 is 26.0 Å². The van der Waals surface area contributed by atoms with Gasteiger partial charge in [-0.15, -0.1) is 0 Å². The van der Waals surface area contributed by atoms with Crippen LogP contribution in [-0.2, 0) is 24.8 Å². The van der Waals surface area contributed by atoms with E-state index in [1.165, 1.54) is 31.3 Å². The Morgan fingerprint density at radius 3 is 2.38 bits per heavy atom. The molecule has 0 heterocycles. The van der Waals surface area contributed by atoms with Crippen LogP contribution in [0.15, 0.2) is 29.2 Å². The average Bonchev–Trinajstić information content (AvgIpc) is 2.46. The maximum absolute atomic E-state index is 12.1. The third-order valence-electron chi connectivity index (χ3n) is 2.56. The van der Waals surface area contributed by atoms with Gasteiger partial charge in [-0.3, -0.25) is 0 Å². The molecule has 0 aromatic heterocycles. The van der Waals surface area contributed by atoms with Gasteiger partial charge >= 0.3 is 5.97 Å². The number of hydrogen-bond donors (Lipinski definition) is 2. The van der Waals surface area contributed by atoms with E-state index in [0.29, 0.717) is 0 Å². The zero-order valence-corrected chi connectivity index (χ0v) is 13.1. The molecule has 21 heavy (non-hydrogen) atoms. The topological polar surface area (TPSA) is 119 Å². The summed E-state index contributed by atoms with van der Waals surface area (Å²) in [4.78, 5) is 11.3. The fourth-order valence-electron chi connectivity index (χ4n) is 1.47. The normalized spacial score (nSPS) is 12.1. The third kappa shape index (κ3) is 4.77. The summed E-state index contributed by atoms with van der Waals surface area (Å²) in [5.41, 5.74) is -0.121. The molecule has 10 heteroatoms. The summed E-state index contributed by atoms with van der Waals surface area (Å²) in [7, 11) is -5.17. The maximum atomic E-state index is 12.1. The van der Waals surface area contributed by atoms with Crippen LogP contribution in [0.25, 0.3) is 0 Å². The molecule has 0 fully saturated rings. The first-order valence-corrected chi connectivity index (χ1v) is 8.95. The molecule has 1 aromatic rings. The predicted octanol–water partition coefficient (Wildman–Crippen LogP) is -0.699. The molecular weight excluding hydrogens is 320 g/mol. The summed E-state index contributed by atoms with van der Waals surface area (Å²) in [5.74, 6) is -1.21. The highest BCUT2D eigenvalue weighted by Crippen LogP contribution is 2.16. The number of benzene rings is 1. The zero-order chi connectivity index (χ0) is 16.1. The average molecular weight is 336 g/mol. The number of nitrogens with one attached hydrogen (secondary N) is 2. The molecule has 0 saturated heterocycles. The minimum absolute atomic E-state index is 0.121. The van der Waals surface area contributed by atoms with Crippen LogP contribution >= 0.6 is 0 Å². The Balaban J connectivity index is 2.97. The maximum Gasteiger partial charge on any atom is 0.339 e. The van der Waals surface area contributed by atoms with Gasteiger partial charge in [-0.1, -0.05) is 12.1 Å². The smallest absolute Gasteiger partial charge is 0.339 e. The van der Waals surface area contributed by atoms with Crippen LogP contribution in [0.2, 0.25) is 0 Å². The molecule has 1 rings (SSSR count). The highest BCUT2D eigenvalue weighted by atomic mass is 32.2. The number of rotatable bonds is 7. The molecule has 0 saturated carbocycles. The zero-order valence-electron chi connectivity index (χ0n) is 11.5. The van der Waals surface area contributed by atoms with Gasteiger partial charge in [-0.25, -0.2) is 31.1 Å². The Bertz CT molecular complexity index is 712. The lowest BCUT2D eigenvalue weighted by Gasteiger charge is -2.10. The van der Waals surface area contributed by atoms with Crippen molar-refractivity contribution < 1.29 is 26.4 Å². The van der Waals surface area contributed by atoms with Gasteiger partial charge in [0, 0.05) is 6.54 Å². The van der Waals surface area contributed by atoms with E-state index in [1.54, 1.807) is 0 Å². The second kappa shape index (κ2) is 6.98. The number of hydrogen-bond acceptors (Lipinski definition) is 6. The van der Waals surface area contributed by atoms with E-state index in [0.717, 1.165) is 7.11 Å². The van der Waals surface area contributed by atoms with E-state index < -0.39 is 31.8 Å². The standard InChI is InChI=1S/C11H16N2O6S2/c1-12-20(15,16)8-7-13-21(17,18)10-6-4-3-5-9(10)11(14)19-2/h3-6,12-13H,7-8H2,1-2H3. The van der Waals surface area contributed by atoms with Crippen molar-refractivity contribution in [1.82, 2.24) is 9.44 Å². The lowest BCUT2D eigenvalue weighted by molar-refractivity contribution is 0.0596. The molecule has 118 valence electrons. The Morgan fingerprint density at radius 1 is 1.19 bits per heavy atom. The van der Waals surface area contributed by atoms with Crippen molar-refractivity contribution in [2.75, 3.05) is 26.5 Å². The van der Waals surface area contributed by atoms with E-state index in [2.05, 4.69) is 14.2 Å². The fourth-order valence-corrected chi connectivity index (χ4v) is 3.40. The summed E-state index contributed by atoms with van der Waals surface area (Å²) in [5, 5.41) is 0. The van der Waals surface area contributed by atoms with Gasteiger partial charge < -0.3 is 4.74 Å². The molecule has 0 aliphatic heterocycles. The Labute approximate surface area is 123 Å². The molecule has 1 aromatic carbocycles. The van der Waals surface area contributed by atoms with Gasteiger partial charge in [0.25, 0.3) is 0 Å². The third-order valence-corrected chi connectivity index (χ3v) is 5.44. The Hall–Kier alpha value is -1.49. The number of carbonyl (C=O) groups is 1. The van der Waals surface area contributed by atoms with E-state index in [-0.39, 0.29) is 17.0 Å². The minimum Gasteiger partial charge on any atom is -0.465 e. The first-order valence-electron chi connectivity index (χ1n) is 5.82. The van der Waals surface area contributed by atoms with E-state index >= 15 is 0 Å². The van der Waals surface area contributed by atoms with Crippen molar-refractivity contribution in [2.45, 2.75) is 4.90 Å². The summed E-state index contributed by atoms with van der Waals surface area (Å²) >= 11 is 0. The lowest BCUT2D eigenvalue weighted by Crippen LogP contribution is -2.33. The van der Waals surface area contributed by atoms with Gasteiger partial charge in [-0.05, 0) is 19.2 Å². The molecule has 0 bridgehead atoms. The molecule has 2 N–H and O–H groups in total. The SMILES string of the molecule is CNS(=O)(=O)CCNS(=O)(=O)c1ccccc1C(=O)OC. The first kappa shape index (κ1) is 17.6. The Morgan fingerprint density at radius 2 is 1.81 bits per heavy atom. The molecule has 0 spiro atoms. The quantitative estimate of drug-likeness (QED) is 0.636. The monoisotopic (exact) mass is 336 g/mol. The fraction of sp³-hybridized carbons (Fsp3) is 0.364. The van der Waals surface area contributed by atoms with E-state index in [1.807, 2.05) is 0 Å². The van der Waals surface area contributed by atoms with Crippen LogP contribution in [-0.4, -0.2) is 49.3 Å². The van der Waals surface area contributed by atoms with Crippen LogP contribution in [0.1, 0.15) is 10.4 Å². The second-order valence-corrected chi connectivity index (χ2v) is 7.69. The predicted molar refractivity (Wildman–Crippen MR) is 75.8 cm³/mol. The number of sulfonamides is 2. The summed E-state index contributed by atoms with van der Waals surface area (Å²) in [6, 6.07) is 5.49. The van der Waals surface area contributed by atoms with Gasteiger partial charge in [0.05, 0.1) is 23.3 Å². The minimum atomic E-state index is -4.02. The summed E-state index contributed by atoms with van der Waals surface area (Å²) in [6.07, 6.45) is 0. The van der Waals surface area contributed by atoms with Gasteiger partial charge in [0.1, 0.15) is 0 Å². The highest BCUT2D eigenvalue weighted by Gasteiger charge is 2.22. The van der Waals surface area contributed by atoms with Crippen LogP contribution in [0, 0.1) is 0 Å². The Kier molecular flexibility index (Phi) is 5.84. The highest BCUT2D eigenvalue weighted by molar-refractivity contribution is 7.90. The second-order valence-electron chi connectivity index (χ2n) is 3.91. The summed E-state index contributed by atoms with van der Waals surface area (Å²) < 4.78 is 55.4. The summed E-state index contributed by atoms with van der Waals surface area (Å²) in [6.45, 7) is -0.318. The van der Waals surface area contributed by atoms with Gasteiger partial charge in [-0.2, -0.15) is 0 Å². The van der Waals surface area contributed by atoms with Crippen LogP contribution in [0.4, 0.5) is 0 Å². The number of carbonyl (C=O) groups excluding carboxylic acids is 1. The van der Waals surface area contributed by atoms with Gasteiger partial charge in [0.2, 0.25) is 20.0 Å². The molecule has 0 amide bonds. The molecule has 0 atom stereocenters. The van der Waals surface area contributed by atoms with Crippen molar-refractivity contribution in [1.29, 1.82) is 0 Å². The number of esters is 1. The molecule has 0 aliphatic carbocycles. The van der Waals surface area contributed by atoms with Crippen LogP contribution in [0.5, 0.6) is 0 Å². The van der Waals surface area contributed by atoms with Gasteiger partial charge in [0.15, 0.2) is 0 Å². The lowest BCUT2D eigenvalue weighted by atomic mass is 10.2. The number of ether oxygens (including phenoxy) is 1. The molecule has 0 unspecified atom stereocenters. The molecular formula is C11H16N2O6S2. The molecule has 0 aliphatic rings. The largest absolute Gasteiger partial charge is 0.465 e. The van der Waals surface area contributed by atoms with Crippen molar-refractivity contribution in [3.8, 4) is 0 Å². The van der Waals surface area contributed by atoms with E-state index in [4.69, 9.17) is 0 Å². The molecule has 8 nitrogen and oxygen atoms in total. The first-order chi connectivity index (χ1) is 9.73. The molecule has 0 radical (unpaired) electrons. The van der Waals surface area contributed by atoms with Crippen molar-refractivity contribution in [3.05, 3.63) is 29.8 Å². The van der Waals surface area contributed by atoms with Crippen molar-refractivity contribution in [2.24, 2.45) is 0 Å². The van der Waals surface area contributed by atoms with E-state index in [9.17, 15) is 21.6 Å². The van der Waals surface area contributed by atoms with Crippen molar-refractivity contribution in [3.63, 3.8) is 0 Å². The number of methoxy groups -OCH3 is 1. The van der Waals surface area contributed by atoms with Crippen LogP contribution < -0.4 is 9.44 Å². The van der Waals surface area contributed by atoms with Crippen LogP contribution in [0.3, 0.4) is 0 Å².